The van der Waals surface area contributed by atoms with Crippen molar-refractivity contribution in [2.75, 3.05) is 31.5 Å². The van der Waals surface area contributed by atoms with Crippen LogP contribution in [0.15, 0.2) is 36.7 Å². The van der Waals surface area contributed by atoms with Gasteiger partial charge in [-0.25, -0.2) is 4.79 Å². The van der Waals surface area contributed by atoms with Crippen LogP contribution in [0.3, 0.4) is 0 Å². The highest BCUT2D eigenvalue weighted by atomic mass is 16.2. The maximum atomic E-state index is 12.0. The van der Waals surface area contributed by atoms with E-state index < -0.39 is 0 Å². The van der Waals surface area contributed by atoms with Gasteiger partial charge in [-0.2, -0.15) is 0 Å². The Bertz CT molecular complexity index is 816. The predicted molar refractivity (Wildman–Crippen MR) is 107 cm³/mol. The summed E-state index contributed by atoms with van der Waals surface area (Å²) in [5, 5.41) is 5.57. The molecular formula is C20H26N6O2. The van der Waals surface area contributed by atoms with E-state index in [1.54, 1.807) is 19.3 Å². The number of urea groups is 1. The number of rotatable bonds is 5. The Kier molecular flexibility index (Phi) is 6.54. The summed E-state index contributed by atoms with van der Waals surface area (Å²) in [5.74, 6) is 0.136. The quantitative estimate of drug-likeness (QED) is 0.823. The van der Waals surface area contributed by atoms with Crippen molar-refractivity contribution in [2.45, 2.75) is 26.9 Å². The van der Waals surface area contributed by atoms with Gasteiger partial charge in [0.15, 0.2) is 0 Å². The van der Waals surface area contributed by atoms with Gasteiger partial charge in [0.2, 0.25) is 5.91 Å². The lowest BCUT2D eigenvalue weighted by molar-refractivity contribution is -0.130. The van der Waals surface area contributed by atoms with Gasteiger partial charge in [-0.05, 0) is 36.8 Å². The molecule has 1 aliphatic heterocycles. The van der Waals surface area contributed by atoms with Crippen molar-refractivity contribution in [3.8, 4) is 0 Å². The molecule has 3 rings (SSSR count). The number of piperazine rings is 1. The molecule has 1 fully saturated rings. The number of carbonyl (C=O) groups is 2. The fraction of sp³-hybridized carbons (Fsp3) is 0.400. The zero-order chi connectivity index (χ0) is 19.9. The number of carbonyl (C=O) groups excluding carboxylic acids is 2. The first kappa shape index (κ1) is 19.8. The van der Waals surface area contributed by atoms with Gasteiger partial charge in [-0.15, -0.1) is 0 Å². The summed E-state index contributed by atoms with van der Waals surface area (Å²) in [6.45, 7) is 7.92. The van der Waals surface area contributed by atoms with Crippen molar-refractivity contribution >= 4 is 17.6 Å². The summed E-state index contributed by atoms with van der Waals surface area (Å²) in [4.78, 5) is 36.1. The van der Waals surface area contributed by atoms with E-state index in [0.29, 0.717) is 12.2 Å². The number of hydrogen-bond acceptors (Lipinski definition) is 5. The molecule has 0 atom stereocenters. The van der Waals surface area contributed by atoms with Crippen molar-refractivity contribution in [3.63, 3.8) is 0 Å². The minimum absolute atomic E-state index is 0.136. The Morgan fingerprint density at radius 2 is 1.89 bits per heavy atom. The van der Waals surface area contributed by atoms with Gasteiger partial charge in [-0.3, -0.25) is 19.7 Å². The molecule has 0 unspecified atom stereocenters. The van der Waals surface area contributed by atoms with Crippen LogP contribution in [0.2, 0.25) is 0 Å². The van der Waals surface area contributed by atoms with Gasteiger partial charge in [0, 0.05) is 51.5 Å². The normalized spacial score (nSPS) is 14.6. The molecule has 2 aromatic heterocycles. The van der Waals surface area contributed by atoms with E-state index in [1.165, 1.54) is 0 Å². The second-order valence-corrected chi connectivity index (χ2v) is 6.93. The number of amides is 3. The summed E-state index contributed by atoms with van der Waals surface area (Å²) in [7, 11) is 0. The van der Waals surface area contributed by atoms with Crippen LogP contribution in [0.1, 0.15) is 23.9 Å². The standard InChI is InChI=1S/C20H26N6O2/c1-15-3-4-18(12-22-15)24-20(28)23-13-19-11-17(5-6-21-19)14-25-7-9-26(10-8-25)16(2)27/h3-6,11-12H,7-10,13-14H2,1-2H3,(H2,23,24,28). The van der Waals surface area contributed by atoms with E-state index in [9.17, 15) is 9.59 Å². The van der Waals surface area contributed by atoms with E-state index in [1.807, 2.05) is 36.1 Å². The van der Waals surface area contributed by atoms with Crippen LogP contribution in [0.5, 0.6) is 0 Å². The van der Waals surface area contributed by atoms with Crippen LogP contribution in [0.4, 0.5) is 10.5 Å². The second-order valence-electron chi connectivity index (χ2n) is 6.93. The topological polar surface area (TPSA) is 90.5 Å². The zero-order valence-corrected chi connectivity index (χ0v) is 16.3. The number of nitrogens with one attached hydrogen (secondary N) is 2. The van der Waals surface area contributed by atoms with E-state index in [2.05, 4.69) is 25.5 Å². The predicted octanol–water partition coefficient (Wildman–Crippen LogP) is 1.77. The SMILES string of the molecule is CC(=O)N1CCN(Cc2ccnc(CNC(=O)Nc3ccc(C)nc3)c2)CC1. The van der Waals surface area contributed by atoms with Gasteiger partial charge in [-0.1, -0.05) is 0 Å². The fourth-order valence-corrected chi connectivity index (χ4v) is 3.09. The zero-order valence-electron chi connectivity index (χ0n) is 16.3. The van der Waals surface area contributed by atoms with Crippen LogP contribution in [-0.2, 0) is 17.9 Å². The number of aromatic nitrogens is 2. The van der Waals surface area contributed by atoms with Gasteiger partial charge in [0.1, 0.15) is 0 Å². The van der Waals surface area contributed by atoms with E-state index in [0.717, 1.165) is 49.7 Å². The Labute approximate surface area is 165 Å². The molecule has 3 amide bonds. The van der Waals surface area contributed by atoms with Crippen LogP contribution in [0, 0.1) is 6.92 Å². The van der Waals surface area contributed by atoms with Crippen LogP contribution >= 0.6 is 0 Å². The lowest BCUT2D eigenvalue weighted by atomic mass is 10.2. The summed E-state index contributed by atoms with van der Waals surface area (Å²) >= 11 is 0. The second kappa shape index (κ2) is 9.27. The van der Waals surface area contributed by atoms with E-state index in [-0.39, 0.29) is 11.9 Å². The molecule has 1 saturated heterocycles. The summed E-state index contributed by atoms with van der Waals surface area (Å²) < 4.78 is 0. The average molecular weight is 382 g/mol. The van der Waals surface area contributed by atoms with Gasteiger partial charge < -0.3 is 15.5 Å². The van der Waals surface area contributed by atoms with Crippen molar-refractivity contribution in [2.24, 2.45) is 0 Å². The first-order valence-electron chi connectivity index (χ1n) is 9.39. The molecular weight excluding hydrogens is 356 g/mol. The van der Waals surface area contributed by atoms with E-state index in [4.69, 9.17) is 0 Å². The minimum Gasteiger partial charge on any atom is -0.340 e. The lowest BCUT2D eigenvalue weighted by Crippen LogP contribution is -2.47. The molecule has 0 radical (unpaired) electrons. The molecule has 2 aromatic rings. The molecule has 0 spiro atoms. The third kappa shape index (κ3) is 5.75. The molecule has 0 bridgehead atoms. The molecule has 0 aromatic carbocycles. The first-order chi connectivity index (χ1) is 13.5. The Hall–Kier alpha value is -3.00. The largest absolute Gasteiger partial charge is 0.340 e. The first-order valence-corrected chi connectivity index (χ1v) is 9.39. The Balaban J connectivity index is 1.47. The average Bonchev–Trinajstić information content (AvgIpc) is 2.69. The summed E-state index contributed by atoms with van der Waals surface area (Å²) in [6.07, 6.45) is 3.39. The van der Waals surface area contributed by atoms with E-state index >= 15 is 0 Å². The van der Waals surface area contributed by atoms with Crippen LogP contribution in [-0.4, -0.2) is 57.9 Å². The van der Waals surface area contributed by atoms with Crippen molar-refractivity contribution in [1.82, 2.24) is 25.1 Å². The molecule has 8 nitrogen and oxygen atoms in total. The molecule has 8 heteroatoms. The fourth-order valence-electron chi connectivity index (χ4n) is 3.09. The molecule has 2 N–H and O–H groups in total. The van der Waals surface area contributed by atoms with Gasteiger partial charge in [0.25, 0.3) is 0 Å². The lowest BCUT2D eigenvalue weighted by Gasteiger charge is -2.34. The molecule has 148 valence electrons. The number of hydrogen-bond donors (Lipinski definition) is 2. The molecule has 0 saturated carbocycles. The maximum absolute atomic E-state index is 12.0. The highest BCUT2D eigenvalue weighted by Crippen LogP contribution is 2.10. The third-order valence-electron chi connectivity index (χ3n) is 4.70. The minimum atomic E-state index is -0.293. The number of aryl methyl sites for hydroxylation is 1. The molecule has 28 heavy (non-hydrogen) atoms. The highest BCUT2D eigenvalue weighted by molar-refractivity contribution is 5.88. The van der Waals surface area contributed by atoms with Gasteiger partial charge >= 0.3 is 6.03 Å². The van der Waals surface area contributed by atoms with Gasteiger partial charge in [0.05, 0.1) is 24.1 Å². The molecule has 3 heterocycles. The Morgan fingerprint density at radius 1 is 1.11 bits per heavy atom. The van der Waals surface area contributed by atoms with Crippen molar-refractivity contribution in [1.29, 1.82) is 0 Å². The number of anilines is 1. The summed E-state index contributed by atoms with van der Waals surface area (Å²) in [5.41, 5.74) is 3.49. The number of nitrogens with zero attached hydrogens (tertiary/aromatic N) is 4. The summed E-state index contributed by atoms with van der Waals surface area (Å²) in [6, 6.07) is 7.35. The third-order valence-corrected chi connectivity index (χ3v) is 4.70. The van der Waals surface area contributed by atoms with Crippen molar-refractivity contribution in [3.05, 3.63) is 53.6 Å². The van der Waals surface area contributed by atoms with Crippen LogP contribution < -0.4 is 10.6 Å². The molecule has 1 aliphatic rings. The number of pyridine rings is 2. The highest BCUT2D eigenvalue weighted by Gasteiger charge is 2.18. The Morgan fingerprint density at radius 3 is 2.57 bits per heavy atom. The smallest absolute Gasteiger partial charge is 0.319 e. The molecule has 0 aliphatic carbocycles. The maximum Gasteiger partial charge on any atom is 0.319 e. The van der Waals surface area contributed by atoms with Crippen LogP contribution in [0.25, 0.3) is 0 Å². The monoisotopic (exact) mass is 382 g/mol. The van der Waals surface area contributed by atoms with Crippen molar-refractivity contribution < 1.29 is 9.59 Å².